The molecule has 0 aromatic rings. The molecule has 0 bridgehead atoms. The molecule has 4 atom stereocenters. The summed E-state index contributed by atoms with van der Waals surface area (Å²) in [4.78, 5) is 21.1. The number of rotatable bonds is 3. The summed E-state index contributed by atoms with van der Waals surface area (Å²) in [5.74, 6) is -0.105. The molecule has 2 amide bonds. The summed E-state index contributed by atoms with van der Waals surface area (Å²) in [6, 6.07) is -0.280. The molecule has 2 rings (SSSR count). The number of hydrogen-bond acceptors (Lipinski definition) is 4. The maximum Gasteiger partial charge on any atom is 0.217 e. The second-order valence-corrected chi connectivity index (χ2v) is 3.76. The van der Waals surface area contributed by atoms with Crippen molar-refractivity contribution in [3.63, 3.8) is 0 Å². The largest absolute Gasteiger partial charge is 0.523 e. The number of fused-ring (bicyclic) bond motifs is 1. The Balaban J connectivity index is 0.00000128. The zero-order chi connectivity index (χ0) is 10.8. The number of carbonyl (C=O) groups excluding carboxylic acids is 2. The van der Waals surface area contributed by atoms with Crippen LogP contribution in [0.15, 0.2) is 0 Å². The molecule has 0 spiro atoms. The molecule has 0 aromatic heterocycles. The van der Waals surface area contributed by atoms with Gasteiger partial charge in [0.1, 0.15) is 12.2 Å². The molecule has 16 heavy (non-hydrogen) atoms. The van der Waals surface area contributed by atoms with Crippen LogP contribution in [-0.4, -0.2) is 49.8 Å². The van der Waals surface area contributed by atoms with Gasteiger partial charge in [-0.15, -0.1) is 0 Å². The van der Waals surface area contributed by atoms with E-state index in [4.69, 9.17) is 9.47 Å². The standard InChI is InChI=1S/C9H13N2O4.W/c1-5(13)11-7-3-15-8-6(10-4-12)2-14-9(7)8;/h6-9H,2-3H2,1H3,(H,10,12)(H,11,13);/q-1;. The molecule has 2 aliphatic rings. The van der Waals surface area contributed by atoms with Crippen LogP contribution >= 0.6 is 0 Å². The third-order valence-electron chi connectivity index (χ3n) is 2.69. The van der Waals surface area contributed by atoms with Crippen molar-refractivity contribution in [3.05, 3.63) is 0 Å². The first-order chi connectivity index (χ1) is 7.22. The van der Waals surface area contributed by atoms with E-state index in [0.717, 1.165) is 0 Å². The molecule has 90 valence electrons. The van der Waals surface area contributed by atoms with Gasteiger partial charge in [-0.05, 0) is 0 Å². The van der Waals surface area contributed by atoms with Gasteiger partial charge in [0.25, 0.3) is 0 Å². The van der Waals surface area contributed by atoms with Crippen LogP contribution in [0.25, 0.3) is 0 Å². The van der Waals surface area contributed by atoms with Crippen molar-refractivity contribution in [1.82, 2.24) is 10.6 Å². The first-order valence-corrected chi connectivity index (χ1v) is 4.85. The Labute approximate surface area is 108 Å². The van der Waals surface area contributed by atoms with Crippen molar-refractivity contribution in [2.75, 3.05) is 13.2 Å². The predicted molar refractivity (Wildman–Crippen MR) is 49.7 cm³/mol. The van der Waals surface area contributed by atoms with Crippen LogP contribution in [0, 0.1) is 0 Å². The van der Waals surface area contributed by atoms with Crippen molar-refractivity contribution in [1.29, 1.82) is 0 Å². The quantitative estimate of drug-likeness (QED) is 0.441. The van der Waals surface area contributed by atoms with Gasteiger partial charge in [0, 0.05) is 28.0 Å². The molecule has 2 fully saturated rings. The third-order valence-corrected chi connectivity index (χ3v) is 2.69. The minimum absolute atomic E-state index is 0. The van der Waals surface area contributed by atoms with Gasteiger partial charge in [0.05, 0.1) is 25.3 Å². The first-order valence-electron chi connectivity index (χ1n) is 4.85. The van der Waals surface area contributed by atoms with E-state index in [0.29, 0.717) is 13.2 Å². The van der Waals surface area contributed by atoms with Crippen molar-refractivity contribution < 1.29 is 40.1 Å². The van der Waals surface area contributed by atoms with Gasteiger partial charge in [0.15, 0.2) is 0 Å². The topological polar surface area (TPSA) is 76.7 Å². The summed E-state index contributed by atoms with van der Waals surface area (Å²) >= 11 is 0. The van der Waals surface area contributed by atoms with E-state index in [-0.39, 0.29) is 51.3 Å². The number of nitrogens with one attached hydrogen (secondary N) is 2. The van der Waals surface area contributed by atoms with Crippen LogP contribution in [0.1, 0.15) is 6.92 Å². The van der Waals surface area contributed by atoms with E-state index >= 15 is 0 Å². The molecule has 7 heteroatoms. The molecule has 2 saturated heterocycles. The molecule has 0 aromatic carbocycles. The van der Waals surface area contributed by atoms with Gasteiger partial charge in [-0.3, -0.25) is 4.79 Å². The fraction of sp³-hybridized carbons (Fsp3) is 0.778. The van der Waals surface area contributed by atoms with Gasteiger partial charge >= 0.3 is 0 Å². The van der Waals surface area contributed by atoms with E-state index < -0.39 is 0 Å². The summed E-state index contributed by atoms with van der Waals surface area (Å²) in [7, 11) is 0. The van der Waals surface area contributed by atoms with Crippen molar-refractivity contribution >= 4 is 12.3 Å². The molecule has 6 nitrogen and oxygen atoms in total. The third kappa shape index (κ3) is 2.62. The van der Waals surface area contributed by atoms with Crippen molar-refractivity contribution in [2.45, 2.75) is 31.2 Å². The van der Waals surface area contributed by atoms with E-state index in [1.807, 2.05) is 0 Å². The van der Waals surface area contributed by atoms with Crippen molar-refractivity contribution in [2.24, 2.45) is 0 Å². The summed E-state index contributed by atoms with van der Waals surface area (Å²) in [6.07, 6.45) is 1.29. The normalized spacial score (nSPS) is 36.1. The maximum atomic E-state index is 10.9. The first kappa shape index (κ1) is 13.6. The number of amides is 2. The molecule has 2 N–H and O–H groups in total. The van der Waals surface area contributed by atoms with Crippen LogP contribution in [0.2, 0.25) is 0 Å². The van der Waals surface area contributed by atoms with Gasteiger partial charge < -0.3 is 24.9 Å². The maximum absolute atomic E-state index is 10.9. The van der Waals surface area contributed by atoms with Crippen LogP contribution < -0.4 is 10.6 Å². The molecular weight excluding hydrogens is 384 g/mol. The van der Waals surface area contributed by atoms with Crippen LogP contribution in [-0.2, 0) is 40.1 Å². The van der Waals surface area contributed by atoms with Gasteiger partial charge in [0.2, 0.25) is 5.91 Å². The minimum Gasteiger partial charge on any atom is -0.523 e. The predicted octanol–water partition coefficient (Wildman–Crippen LogP) is -1.69. The second-order valence-electron chi connectivity index (χ2n) is 3.76. The Morgan fingerprint density at radius 2 is 1.81 bits per heavy atom. The Kier molecular flexibility index (Phi) is 4.89. The van der Waals surface area contributed by atoms with Gasteiger partial charge in [-0.1, -0.05) is 0 Å². The number of carbonyl (C=O) groups is 1. The molecule has 2 heterocycles. The van der Waals surface area contributed by atoms with E-state index in [9.17, 15) is 9.59 Å². The summed E-state index contributed by atoms with van der Waals surface area (Å²) in [5, 5.41) is 5.28. The number of ether oxygens (including phenoxy) is 2. The molecule has 4 unspecified atom stereocenters. The van der Waals surface area contributed by atoms with E-state index in [1.165, 1.54) is 6.92 Å². The van der Waals surface area contributed by atoms with Crippen LogP contribution in [0.4, 0.5) is 0 Å². The molecular formula is C9H13N2O4W-. The average molecular weight is 397 g/mol. The second kappa shape index (κ2) is 5.75. The SMILES string of the molecule is CC(=O)NC1COC2C(N[C-]=O)COC12.[W]. The average Bonchev–Trinajstić information content (AvgIpc) is 2.71. The van der Waals surface area contributed by atoms with E-state index in [2.05, 4.69) is 10.6 Å². The van der Waals surface area contributed by atoms with Crippen molar-refractivity contribution in [3.8, 4) is 0 Å². The Morgan fingerprint density at radius 1 is 1.25 bits per heavy atom. The van der Waals surface area contributed by atoms with Crippen LogP contribution in [0.3, 0.4) is 0 Å². The summed E-state index contributed by atoms with van der Waals surface area (Å²) < 4.78 is 10.9. The molecule has 0 saturated carbocycles. The monoisotopic (exact) mass is 397 g/mol. The summed E-state index contributed by atoms with van der Waals surface area (Å²) in [6.45, 7) is 2.28. The van der Waals surface area contributed by atoms with E-state index in [1.54, 1.807) is 6.41 Å². The number of hydrogen-bond donors (Lipinski definition) is 2. The van der Waals surface area contributed by atoms with Gasteiger partial charge in [-0.25, -0.2) is 0 Å². The molecule has 2 aliphatic heterocycles. The molecule has 0 aliphatic carbocycles. The Hall–Kier alpha value is -0.452. The minimum atomic E-state index is -0.178. The zero-order valence-corrected chi connectivity index (χ0v) is 11.7. The Bertz CT molecular complexity index is 276. The van der Waals surface area contributed by atoms with Crippen LogP contribution in [0.5, 0.6) is 0 Å². The zero-order valence-electron chi connectivity index (χ0n) is 8.76. The van der Waals surface area contributed by atoms with Gasteiger partial charge in [-0.2, -0.15) is 6.41 Å². The fourth-order valence-corrected chi connectivity index (χ4v) is 2.08. The fourth-order valence-electron chi connectivity index (χ4n) is 2.08. The smallest absolute Gasteiger partial charge is 0.217 e. The Morgan fingerprint density at radius 3 is 2.38 bits per heavy atom. The molecule has 0 radical (unpaired) electrons. The summed E-state index contributed by atoms with van der Waals surface area (Å²) in [5.41, 5.74) is 0.